The zero-order valence-corrected chi connectivity index (χ0v) is 11.1. The third-order valence-electron chi connectivity index (χ3n) is 4.92. The lowest BCUT2D eigenvalue weighted by Crippen LogP contribution is -2.31. The van der Waals surface area contributed by atoms with Gasteiger partial charge in [0.15, 0.2) is 0 Å². The largest absolute Gasteiger partial charge is 0.271 e. The van der Waals surface area contributed by atoms with Crippen LogP contribution in [0.5, 0.6) is 0 Å². The fourth-order valence-electron chi connectivity index (χ4n) is 3.99. The first-order valence-corrected chi connectivity index (χ1v) is 7.15. The van der Waals surface area contributed by atoms with Crippen molar-refractivity contribution in [3.63, 3.8) is 0 Å². The van der Waals surface area contributed by atoms with E-state index in [9.17, 15) is 0 Å². The standard InChI is InChI=1S/C15H23N3/c1-10-4-5-17-14(6-10)15(18-16)9-13-8-11-2-3-12(13)7-11/h4-6,11-13,15,18H,2-3,7-9,16H2,1H3. The van der Waals surface area contributed by atoms with E-state index in [0.717, 1.165) is 29.9 Å². The lowest BCUT2D eigenvalue weighted by atomic mass is 9.83. The predicted molar refractivity (Wildman–Crippen MR) is 72.6 cm³/mol. The molecule has 0 radical (unpaired) electrons. The second-order valence-electron chi connectivity index (χ2n) is 6.15. The molecule has 1 heterocycles. The van der Waals surface area contributed by atoms with Crippen LogP contribution in [-0.4, -0.2) is 4.98 Å². The summed E-state index contributed by atoms with van der Waals surface area (Å²) in [6.45, 7) is 2.11. The minimum atomic E-state index is 0.217. The molecular formula is C15H23N3. The average Bonchev–Trinajstić information content (AvgIpc) is 2.98. The SMILES string of the molecule is Cc1ccnc(C(CC2CC3CCC2C3)NN)c1. The van der Waals surface area contributed by atoms with E-state index in [1.807, 2.05) is 12.3 Å². The third-order valence-corrected chi connectivity index (χ3v) is 4.92. The van der Waals surface area contributed by atoms with Crippen molar-refractivity contribution in [2.75, 3.05) is 0 Å². The van der Waals surface area contributed by atoms with E-state index in [0.29, 0.717) is 0 Å². The van der Waals surface area contributed by atoms with Gasteiger partial charge in [0.25, 0.3) is 0 Å². The monoisotopic (exact) mass is 245 g/mol. The van der Waals surface area contributed by atoms with Gasteiger partial charge in [0, 0.05) is 6.20 Å². The van der Waals surface area contributed by atoms with Gasteiger partial charge in [-0.1, -0.05) is 6.42 Å². The first kappa shape index (κ1) is 12.1. The Kier molecular flexibility index (Phi) is 3.35. The van der Waals surface area contributed by atoms with Gasteiger partial charge in [-0.3, -0.25) is 16.3 Å². The number of aromatic nitrogens is 1. The molecule has 3 N–H and O–H groups in total. The van der Waals surface area contributed by atoms with E-state index in [1.165, 1.54) is 31.2 Å². The van der Waals surface area contributed by atoms with Gasteiger partial charge in [-0.2, -0.15) is 0 Å². The molecular weight excluding hydrogens is 222 g/mol. The number of hydrogen-bond acceptors (Lipinski definition) is 3. The smallest absolute Gasteiger partial charge is 0.0635 e. The third kappa shape index (κ3) is 2.29. The summed E-state index contributed by atoms with van der Waals surface area (Å²) in [6.07, 6.45) is 8.81. The molecule has 2 aliphatic carbocycles. The zero-order valence-electron chi connectivity index (χ0n) is 11.1. The fourth-order valence-corrected chi connectivity index (χ4v) is 3.99. The van der Waals surface area contributed by atoms with Gasteiger partial charge in [-0.05, 0) is 68.1 Å². The highest BCUT2D eigenvalue weighted by Gasteiger charge is 2.40. The maximum absolute atomic E-state index is 5.74. The number of nitrogens with two attached hydrogens (primary N) is 1. The average molecular weight is 245 g/mol. The topological polar surface area (TPSA) is 50.9 Å². The van der Waals surface area contributed by atoms with E-state index in [1.54, 1.807) is 0 Å². The molecule has 3 heteroatoms. The van der Waals surface area contributed by atoms with Gasteiger partial charge < -0.3 is 0 Å². The quantitative estimate of drug-likeness (QED) is 0.633. The minimum Gasteiger partial charge on any atom is -0.271 e. The number of fused-ring (bicyclic) bond motifs is 2. The van der Waals surface area contributed by atoms with Crippen molar-refractivity contribution in [3.8, 4) is 0 Å². The molecule has 98 valence electrons. The van der Waals surface area contributed by atoms with Crippen LogP contribution in [-0.2, 0) is 0 Å². The van der Waals surface area contributed by atoms with Crippen LogP contribution in [0.25, 0.3) is 0 Å². The molecule has 1 aromatic heterocycles. The maximum Gasteiger partial charge on any atom is 0.0635 e. The summed E-state index contributed by atoms with van der Waals surface area (Å²) in [5.41, 5.74) is 5.32. The summed E-state index contributed by atoms with van der Waals surface area (Å²) in [7, 11) is 0. The van der Waals surface area contributed by atoms with Crippen molar-refractivity contribution >= 4 is 0 Å². The Morgan fingerprint density at radius 2 is 2.33 bits per heavy atom. The van der Waals surface area contributed by atoms with Crippen LogP contribution in [0.3, 0.4) is 0 Å². The highest BCUT2D eigenvalue weighted by Crippen LogP contribution is 2.50. The van der Waals surface area contributed by atoms with Crippen LogP contribution in [0.2, 0.25) is 0 Å². The summed E-state index contributed by atoms with van der Waals surface area (Å²) >= 11 is 0. The summed E-state index contributed by atoms with van der Waals surface area (Å²) in [5, 5.41) is 0. The Morgan fingerprint density at radius 1 is 1.44 bits per heavy atom. The summed E-state index contributed by atoms with van der Waals surface area (Å²) in [5.74, 6) is 8.55. The number of hydrogen-bond donors (Lipinski definition) is 2. The van der Waals surface area contributed by atoms with Crippen LogP contribution in [0, 0.1) is 24.7 Å². The molecule has 4 atom stereocenters. The second kappa shape index (κ2) is 4.98. The fraction of sp³-hybridized carbons (Fsp3) is 0.667. The maximum atomic E-state index is 5.74. The normalized spacial score (nSPS) is 31.8. The minimum absolute atomic E-state index is 0.217. The molecule has 2 saturated carbocycles. The van der Waals surface area contributed by atoms with E-state index in [4.69, 9.17) is 5.84 Å². The Morgan fingerprint density at radius 3 is 2.94 bits per heavy atom. The lowest BCUT2D eigenvalue weighted by Gasteiger charge is -2.26. The van der Waals surface area contributed by atoms with Crippen molar-refractivity contribution in [1.29, 1.82) is 0 Å². The molecule has 0 amide bonds. The van der Waals surface area contributed by atoms with Crippen molar-refractivity contribution in [2.24, 2.45) is 23.6 Å². The van der Waals surface area contributed by atoms with E-state index >= 15 is 0 Å². The van der Waals surface area contributed by atoms with E-state index < -0.39 is 0 Å². The lowest BCUT2D eigenvalue weighted by molar-refractivity contribution is 0.278. The van der Waals surface area contributed by atoms with Crippen LogP contribution in [0.15, 0.2) is 18.3 Å². The van der Waals surface area contributed by atoms with Crippen LogP contribution in [0.1, 0.15) is 49.4 Å². The number of aryl methyl sites for hydroxylation is 1. The number of hydrazine groups is 1. The molecule has 0 saturated heterocycles. The molecule has 4 unspecified atom stereocenters. The predicted octanol–water partition coefficient (Wildman–Crippen LogP) is 2.72. The second-order valence-corrected chi connectivity index (χ2v) is 6.15. The zero-order chi connectivity index (χ0) is 12.5. The molecule has 2 aliphatic rings. The molecule has 3 nitrogen and oxygen atoms in total. The summed E-state index contributed by atoms with van der Waals surface area (Å²) in [4.78, 5) is 4.47. The Labute approximate surface area is 109 Å². The van der Waals surface area contributed by atoms with Gasteiger partial charge >= 0.3 is 0 Å². The Hall–Kier alpha value is -0.930. The van der Waals surface area contributed by atoms with Crippen molar-refractivity contribution in [1.82, 2.24) is 10.4 Å². The van der Waals surface area contributed by atoms with Gasteiger partial charge in [-0.15, -0.1) is 0 Å². The molecule has 2 fully saturated rings. The molecule has 2 bridgehead atoms. The summed E-state index contributed by atoms with van der Waals surface area (Å²) < 4.78 is 0. The highest BCUT2D eigenvalue weighted by atomic mass is 15.2. The number of nitrogens with zero attached hydrogens (tertiary/aromatic N) is 1. The number of pyridine rings is 1. The van der Waals surface area contributed by atoms with Gasteiger partial charge in [0.1, 0.15) is 0 Å². The van der Waals surface area contributed by atoms with E-state index in [2.05, 4.69) is 23.4 Å². The van der Waals surface area contributed by atoms with E-state index in [-0.39, 0.29) is 6.04 Å². The number of nitrogens with one attached hydrogen (secondary N) is 1. The molecule has 0 aromatic carbocycles. The van der Waals surface area contributed by atoms with Gasteiger partial charge in [0.05, 0.1) is 11.7 Å². The highest BCUT2D eigenvalue weighted by molar-refractivity contribution is 5.17. The van der Waals surface area contributed by atoms with Crippen molar-refractivity contribution < 1.29 is 0 Å². The molecule has 3 rings (SSSR count). The van der Waals surface area contributed by atoms with Crippen LogP contribution < -0.4 is 11.3 Å². The molecule has 0 aliphatic heterocycles. The van der Waals surface area contributed by atoms with Crippen LogP contribution >= 0.6 is 0 Å². The van der Waals surface area contributed by atoms with Gasteiger partial charge in [0.2, 0.25) is 0 Å². The Balaban J connectivity index is 1.69. The first-order chi connectivity index (χ1) is 8.76. The number of rotatable bonds is 4. The van der Waals surface area contributed by atoms with Crippen molar-refractivity contribution in [2.45, 2.75) is 45.1 Å². The van der Waals surface area contributed by atoms with Crippen LogP contribution in [0.4, 0.5) is 0 Å². The van der Waals surface area contributed by atoms with Gasteiger partial charge in [-0.25, -0.2) is 0 Å². The Bertz CT molecular complexity index is 418. The molecule has 1 aromatic rings. The van der Waals surface area contributed by atoms with Crippen molar-refractivity contribution in [3.05, 3.63) is 29.6 Å². The molecule has 0 spiro atoms. The molecule has 18 heavy (non-hydrogen) atoms. The first-order valence-electron chi connectivity index (χ1n) is 7.15. The summed E-state index contributed by atoms with van der Waals surface area (Å²) in [6, 6.07) is 4.40.